The topological polar surface area (TPSA) is 239 Å². The van der Waals surface area contributed by atoms with Crippen LogP contribution in [-0.4, -0.2) is 62.4 Å². The van der Waals surface area contributed by atoms with E-state index in [1.54, 1.807) is 49.4 Å². The molecule has 0 amide bonds. The molecule has 2 atom stereocenters. The Hall–Kier alpha value is -7.72. The van der Waals surface area contributed by atoms with Gasteiger partial charge in [0.05, 0.1) is 93.6 Å². The van der Waals surface area contributed by atoms with Gasteiger partial charge in [-0.15, -0.1) is 0 Å². The number of halogens is 6. The summed E-state index contributed by atoms with van der Waals surface area (Å²) in [6, 6.07) is 10.9. The largest absolute Gasteiger partial charge is 0.478 e. The summed E-state index contributed by atoms with van der Waals surface area (Å²) in [6.45, 7) is 3.20. The molecule has 65 heavy (non-hydrogen) atoms. The number of anilines is 4. The minimum Gasteiger partial charge on any atom is -0.478 e. The number of hydrogen-bond donors (Lipinski definition) is 4. The molecule has 4 aromatic heterocycles. The molecular formula is C43H39F6N13O3. The third kappa shape index (κ3) is 12.3. The highest BCUT2D eigenvalue weighted by molar-refractivity contribution is 5.97. The van der Waals surface area contributed by atoms with E-state index < -0.39 is 58.8 Å². The number of aromatic nitrogens is 8. The molecule has 0 spiro atoms. The molecule has 2 aliphatic rings. The molecule has 0 aliphatic heterocycles. The molecule has 6 aromatic rings. The molecule has 22 heteroatoms. The van der Waals surface area contributed by atoms with E-state index in [9.17, 15) is 35.9 Å². The zero-order chi connectivity index (χ0) is 46.9. The lowest BCUT2D eigenvalue weighted by Crippen LogP contribution is -2.09. The number of ketones is 1. The molecule has 5 N–H and O–H groups in total. The summed E-state index contributed by atoms with van der Waals surface area (Å²) in [7, 11) is 0. The Morgan fingerprint density at radius 3 is 1.54 bits per heavy atom. The number of nitriles is 2. The van der Waals surface area contributed by atoms with E-state index in [1.165, 1.54) is 18.2 Å². The van der Waals surface area contributed by atoms with Gasteiger partial charge in [0.1, 0.15) is 11.6 Å². The van der Waals surface area contributed by atoms with E-state index in [1.807, 2.05) is 10.8 Å². The van der Waals surface area contributed by atoms with Gasteiger partial charge in [-0.05, 0) is 63.8 Å². The van der Waals surface area contributed by atoms with Gasteiger partial charge in [-0.1, -0.05) is 12.1 Å². The van der Waals surface area contributed by atoms with Crippen LogP contribution >= 0.6 is 0 Å². The van der Waals surface area contributed by atoms with Gasteiger partial charge in [0.15, 0.2) is 5.78 Å². The van der Waals surface area contributed by atoms with E-state index in [4.69, 9.17) is 21.4 Å². The number of nitrogens with zero attached hydrogens (tertiary/aromatic N) is 10. The predicted molar refractivity (Wildman–Crippen MR) is 222 cm³/mol. The number of rotatable bonds is 14. The van der Waals surface area contributed by atoms with Crippen LogP contribution in [-0.2, 0) is 0 Å². The lowest BCUT2D eigenvalue weighted by molar-refractivity contribution is 0.0691. The number of hydrogen-bond acceptors (Lipinski definition) is 13. The highest BCUT2D eigenvalue weighted by atomic mass is 19.3. The van der Waals surface area contributed by atoms with Crippen molar-refractivity contribution < 1.29 is 41.0 Å². The van der Waals surface area contributed by atoms with Crippen molar-refractivity contribution in [2.45, 2.75) is 76.9 Å². The third-order valence-electron chi connectivity index (χ3n) is 9.59. The zero-order valence-corrected chi connectivity index (χ0v) is 34.5. The Balaban J connectivity index is 0.000000197. The van der Waals surface area contributed by atoms with Crippen molar-refractivity contribution in [3.63, 3.8) is 0 Å². The molecule has 2 aromatic carbocycles. The van der Waals surface area contributed by atoms with E-state index in [-0.39, 0.29) is 52.4 Å². The second kappa shape index (κ2) is 20.6. The summed E-state index contributed by atoms with van der Waals surface area (Å²) < 4.78 is 86.2. The van der Waals surface area contributed by atoms with E-state index >= 15 is 0 Å². The second-order valence-corrected chi connectivity index (χ2v) is 15.0. The average Bonchev–Trinajstić information content (AvgIpc) is 4.22. The van der Waals surface area contributed by atoms with Gasteiger partial charge in [0, 0.05) is 42.3 Å². The van der Waals surface area contributed by atoms with E-state index in [2.05, 4.69) is 40.8 Å². The number of carbonyl (C=O) groups is 2. The van der Waals surface area contributed by atoms with Crippen molar-refractivity contribution >= 4 is 35.0 Å². The van der Waals surface area contributed by atoms with Crippen LogP contribution in [0.25, 0.3) is 22.5 Å². The lowest BCUT2D eigenvalue weighted by atomic mass is 9.98. The maximum absolute atomic E-state index is 14.6. The number of alkyl halides is 4. The lowest BCUT2D eigenvalue weighted by Gasteiger charge is -2.12. The summed E-state index contributed by atoms with van der Waals surface area (Å²) in [5.41, 5.74) is 4.22. The maximum atomic E-state index is 14.6. The van der Waals surface area contributed by atoms with Crippen LogP contribution in [0.2, 0.25) is 0 Å². The van der Waals surface area contributed by atoms with E-state index in [0.29, 0.717) is 23.5 Å². The fraction of sp³-hybridized carbons (Fsp3) is 0.302. The van der Waals surface area contributed by atoms with Gasteiger partial charge in [-0.2, -0.15) is 20.7 Å². The number of carbonyl (C=O) groups excluding carboxylic acids is 1. The average molecular weight is 900 g/mol. The van der Waals surface area contributed by atoms with Gasteiger partial charge in [0.25, 0.3) is 12.9 Å². The molecule has 4 heterocycles. The van der Waals surface area contributed by atoms with Gasteiger partial charge in [-0.3, -0.25) is 14.2 Å². The number of aromatic carboxylic acids is 1. The number of carboxylic acids is 1. The maximum Gasteiger partial charge on any atom is 0.338 e. The molecule has 8 rings (SSSR count). The summed E-state index contributed by atoms with van der Waals surface area (Å²) in [5.74, 6) is -4.35. The number of benzene rings is 2. The van der Waals surface area contributed by atoms with Gasteiger partial charge < -0.3 is 21.5 Å². The van der Waals surface area contributed by atoms with Crippen molar-refractivity contribution in [2.75, 3.05) is 10.6 Å². The van der Waals surface area contributed by atoms with Crippen LogP contribution < -0.4 is 16.4 Å². The fourth-order valence-corrected chi connectivity index (χ4v) is 5.98. The van der Waals surface area contributed by atoms with E-state index in [0.717, 1.165) is 56.3 Å². The molecule has 2 saturated carbocycles. The van der Waals surface area contributed by atoms with Crippen LogP contribution in [0.4, 0.5) is 49.6 Å². The summed E-state index contributed by atoms with van der Waals surface area (Å²) >= 11 is 0. The van der Waals surface area contributed by atoms with Crippen LogP contribution in [0, 0.1) is 40.2 Å². The minimum absolute atomic E-state index is 0.0249. The van der Waals surface area contributed by atoms with Crippen molar-refractivity contribution in [1.29, 1.82) is 10.5 Å². The number of Topliss-reactive ketones (excluding diaryl/α,β-unsaturated/α-hetero) is 1. The fourth-order valence-electron chi connectivity index (χ4n) is 5.98. The molecular weight excluding hydrogens is 861 g/mol. The van der Waals surface area contributed by atoms with Crippen LogP contribution in [0.3, 0.4) is 0 Å². The predicted octanol–water partition coefficient (Wildman–Crippen LogP) is 9.28. The molecule has 0 saturated heterocycles. The summed E-state index contributed by atoms with van der Waals surface area (Å²) in [6.07, 6.45) is 7.00. The molecule has 336 valence electrons. The molecule has 0 bridgehead atoms. The van der Waals surface area contributed by atoms with Crippen molar-refractivity contribution in [3.8, 4) is 34.7 Å². The first-order chi connectivity index (χ1) is 31.0. The highest BCUT2D eigenvalue weighted by Gasteiger charge is 2.26. The number of nitrogens with one attached hydrogen (secondary N) is 2. The first kappa shape index (κ1) is 46.8. The Morgan fingerprint density at radius 1 is 0.754 bits per heavy atom. The Kier molecular flexibility index (Phi) is 14.9. The quantitative estimate of drug-likeness (QED) is 0.0589. The zero-order valence-electron chi connectivity index (χ0n) is 34.5. The minimum atomic E-state index is -2.89. The first-order valence-electron chi connectivity index (χ1n) is 19.9. The third-order valence-corrected chi connectivity index (χ3v) is 9.59. The van der Waals surface area contributed by atoms with Crippen molar-refractivity contribution in [3.05, 3.63) is 107 Å². The van der Waals surface area contributed by atoms with Crippen molar-refractivity contribution in [1.82, 2.24) is 39.5 Å². The van der Waals surface area contributed by atoms with Gasteiger partial charge >= 0.3 is 5.97 Å². The monoisotopic (exact) mass is 899 g/mol. The SMILES string of the molecule is C[C@@H](C#N)CC(=O)c1ccc(-c2nc(Nc3cnn(C4CC4)c3)ncc2C(F)F)cc1F.C[C@H](N)C#N.O=C(O)c1ccc(-c2nc(Nc3cnn(C4CC4)c3)ncc2C(F)F)cc1F. The van der Waals surface area contributed by atoms with Crippen LogP contribution in [0.5, 0.6) is 0 Å². The standard InChI is InChI=1S/C22H19F3N6O.C18H14F3N5O2.C3H6N2/c1-12(8-26)6-19(32)16-5-2-13(7-18(16)23)20-17(21(24)25)10-27-22(30-20)29-14-9-28-31(11-14)15-3-4-15;19-14-5-9(1-4-12(14)17(27)28)15-13(16(20)21)7-22-18(25-15)24-10-6-23-26(8-10)11-2-3-11;1-3(5)2-4/h2,5,7,9-12,15,21H,3-4,6H2,1H3,(H,27,29,30);1,4-8,11,16H,2-3H2,(H,27,28)(H,22,24,25);3H,5H2,1H3/t12-;;3-/m1.0/s1. The summed E-state index contributed by atoms with van der Waals surface area (Å²) in [4.78, 5) is 39.3. The van der Waals surface area contributed by atoms with Gasteiger partial charge in [0.2, 0.25) is 11.9 Å². The molecule has 0 radical (unpaired) electrons. The highest BCUT2D eigenvalue weighted by Crippen LogP contribution is 2.37. The molecule has 2 aliphatic carbocycles. The molecule has 0 unspecified atom stereocenters. The summed E-state index contributed by atoms with van der Waals surface area (Å²) in [5, 5.41) is 39.8. The van der Waals surface area contributed by atoms with Crippen LogP contribution in [0.1, 0.15) is 103 Å². The Morgan fingerprint density at radius 2 is 1.18 bits per heavy atom. The smallest absolute Gasteiger partial charge is 0.338 e. The molecule has 2 fully saturated rings. The second-order valence-electron chi connectivity index (χ2n) is 15.0. The van der Waals surface area contributed by atoms with Crippen molar-refractivity contribution in [2.24, 2.45) is 11.7 Å². The molecule has 16 nitrogen and oxygen atoms in total. The van der Waals surface area contributed by atoms with Crippen LogP contribution in [0.15, 0.2) is 73.6 Å². The van der Waals surface area contributed by atoms with Gasteiger partial charge in [-0.25, -0.2) is 51.1 Å². The Bertz CT molecular complexity index is 2760. The first-order valence-corrected chi connectivity index (χ1v) is 19.9. The Labute approximate surface area is 366 Å². The number of nitrogens with two attached hydrogens (primary N) is 1. The number of carboxylic acid groups (broad SMARTS) is 1. The normalized spacial score (nSPS) is 13.9.